The molecule has 1 amide bonds. The average molecular weight is 415 g/mol. The number of carboxylic acids is 1. The zero-order chi connectivity index (χ0) is 21.0. The highest BCUT2D eigenvalue weighted by Crippen LogP contribution is 2.30. The summed E-state index contributed by atoms with van der Waals surface area (Å²) in [6, 6.07) is 9.71. The molecule has 0 radical (unpaired) electrons. The van der Waals surface area contributed by atoms with Gasteiger partial charge < -0.3 is 19.6 Å². The Balaban J connectivity index is 1.79. The number of fused-ring (bicyclic) bond motifs is 3. The predicted octanol–water partition coefficient (Wildman–Crippen LogP) is 2.96. The number of nitrogens with one attached hydrogen (secondary N) is 1. The van der Waals surface area contributed by atoms with Crippen LogP contribution in [0.25, 0.3) is 21.7 Å². The van der Waals surface area contributed by atoms with Crippen molar-refractivity contribution >= 4 is 45.4 Å². The van der Waals surface area contributed by atoms with E-state index in [1.165, 1.54) is 11.8 Å². The summed E-state index contributed by atoms with van der Waals surface area (Å²) in [7, 11) is 0. The molecular formula is C21H21NO6S. The summed E-state index contributed by atoms with van der Waals surface area (Å²) in [6.07, 6.45) is 2.20. The second-order valence-corrected chi connectivity index (χ2v) is 7.51. The first-order valence-electron chi connectivity index (χ1n) is 9.01. The van der Waals surface area contributed by atoms with E-state index < -0.39 is 23.5 Å². The molecule has 2 N–H and O–H groups in total. The van der Waals surface area contributed by atoms with E-state index in [-0.39, 0.29) is 6.61 Å². The number of ether oxygens (including phenoxy) is 1. The number of rotatable bonds is 8. The van der Waals surface area contributed by atoms with Gasteiger partial charge in [0.1, 0.15) is 17.4 Å². The standard InChI is InChI=1S/C21H21NO6S/c1-12-17(27-11-18(23)22-16(20(24)25)9-10-29-2)8-7-14-13-5-3-4-6-15(13)21(26)28-19(12)14/h3-8,16H,9-11H2,1-2H3,(H,22,23)(H,24,25). The molecule has 0 aliphatic carbocycles. The third-order valence-corrected chi connectivity index (χ3v) is 5.23. The van der Waals surface area contributed by atoms with Crippen LogP contribution in [-0.4, -0.2) is 41.6 Å². The Morgan fingerprint density at radius 1 is 1.17 bits per heavy atom. The molecule has 3 rings (SSSR count). The van der Waals surface area contributed by atoms with Crippen molar-refractivity contribution in [2.75, 3.05) is 18.6 Å². The SMILES string of the molecule is CSCCC(NC(=O)COc1ccc2c(oc(=O)c3ccccc32)c1C)C(=O)O. The van der Waals surface area contributed by atoms with E-state index in [0.717, 1.165) is 10.8 Å². The Morgan fingerprint density at radius 3 is 2.59 bits per heavy atom. The van der Waals surface area contributed by atoms with Crippen molar-refractivity contribution in [1.29, 1.82) is 0 Å². The molecular weight excluding hydrogens is 394 g/mol. The van der Waals surface area contributed by atoms with Crippen LogP contribution in [-0.2, 0) is 9.59 Å². The summed E-state index contributed by atoms with van der Waals surface area (Å²) < 4.78 is 11.0. The number of thioether (sulfide) groups is 1. The molecule has 7 nitrogen and oxygen atoms in total. The summed E-state index contributed by atoms with van der Waals surface area (Å²) in [5.74, 6) is -0.600. The third-order valence-electron chi connectivity index (χ3n) is 4.59. The van der Waals surface area contributed by atoms with E-state index in [4.69, 9.17) is 9.15 Å². The summed E-state index contributed by atoms with van der Waals surface area (Å²) in [6.45, 7) is 1.40. The number of aliphatic carboxylic acids is 1. The largest absolute Gasteiger partial charge is 0.483 e. The van der Waals surface area contributed by atoms with E-state index in [2.05, 4.69) is 5.32 Å². The lowest BCUT2D eigenvalue weighted by Crippen LogP contribution is -2.43. The molecule has 0 saturated heterocycles. The van der Waals surface area contributed by atoms with E-state index in [0.29, 0.717) is 34.5 Å². The number of amides is 1. The van der Waals surface area contributed by atoms with Crippen LogP contribution in [0.3, 0.4) is 0 Å². The Bertz CT molecular complexity index is 1120. The minimum atomic E-state index is -1.08. The van der Waals surface area contributed by atoms with Gasteiger partial charge in [0.2, 0.25) is 0 Å². The van der Waals surface area contributed by atoms with Crippen LogP contribution in [0.5, 0.6) is 5.75 Å². The first kappa shape index (κ1) is 20.7. The molecule has 3 aromatic rings. The first-order valence-corrected chi connectivity index (χ1v) is 10.4. The zero-order valence-electron chi connectivity index (χ0n) is 16.1. The monoisotopic (exact) mass is 415 g/mol. The fourth-order valence-corrected chi connectivity index (χ4v) is 3.56. The molecule has 8 heteroatoms. The highest BCUT2D eigenvalue weighted by Gasteiger charge is 2.20. The number of carbonyl (C=O) groups excluding carboxylic acids is 1. The smallest absolute Gasteiger partial charge is 0.344 e. The maximum atomic E-state index is 12.3. The molecule has 0 saturated carbocycles. The number of carbonyl (C=O) groups is 2. The third kappa shape index (κ3) is 4.54. The maximum absolute atomic E-state index is 12.3. The molecule has 0 aliphatic heterocycles. The number of benzene rings is 2. The topological polar surface area (TPSA) is 106 Å². The number of aryl methyl sites for hydroxylation is 1. The maximum Gasteiger partial charge on any atom is 0.344 e. The average Bonchev–Trinajstić information content (AvgIpc) is 2.71. The van der Waals surface area contributed by atoms with Gasteiger partial charge in [-0.1, -0.05) is 18.2 Å². The first-order chi connectivity index (χ1) is 13.9. The fourth-order valence-electron chi connectivity index (χ4n) is 3.09. The lowest BCUT2D eigenvalue weighted by molar-refractivity contribution is -0.142. The highest BCUT2D eigenvalue weighted by atomic mass is 32.2. The van der Waals surface area contributed by atoms with E-state index in [9.17, 15) is 19.5 Å². The summed E-state index contributed by atoms with van der Waals surface area (Å²) >= 11 is 1.51. The van der Waals surface area contributed by atoms with Crippen LogP contribution < -0.4 is 15.7 Å². The number of hydrogen-bond acceptors (Lipinski definition) is 6. The summed E-state index contributed by atoms with van der Waals surface area (Å²) in [5.41, 5.74) is 0.550. The summed E-state index contributed by atoms with van der Waals surface area (Å²) in [4.78, 5) is 35.6. The number of carboxylic acid groups (broad SMARTS) is 1. The van der Waals surface area contributed by atoms with Gasteiger partial charge in [-0.2, -0.15) is 11.8 Å². The Kier molecular flexibility index (Phi) is 6.43. The summed E-state index contributed by atoms with van der Waals surface area (Å²) in [5, 5.41) is 13.7. The van der Waals surface area contributed by atoms with Crippen molar-refractivity contribution in [2.24, 2.45) is 0 Å². The molecule has 152 valence electrons. The van der Waals surface area contributed by atoms with Crippen molar-refractivity contribution in [3.05, 3.63) is 52.4 Å². The lowest BCUT2D eigenvalue weighted by atomic mass is 10.0. The van der Waals surface area contributed by atoms with Crippen LogP contribution in [0, 0.1) is 6.92 Å². The van der Waals surface area contributed by atoms with Gasteiger partial charge in [0, 0.05) is 10.9 Å². The van der Waals surface area contributed by atoms with Crippen molar-refractivity contribution < 1.29 is 23.8 Å². The lowest BCUT2D eigenvalue weighted by Gasteiger charge is -2.15. The van der Waals surface area contributed by atoms with Crippen LogP contribution in [0.4, 0.5) is 0 Å². The highest BCUT2D eigenvalue weighted by molar-refractivity contribution is 7.98. The Hall–Kier alpha value is -3.00. The second-order valence-electron chi connectivity index (χ2n) is 6.53. The molecule has 0 fully saturated rings. The van der Waals surface area contributed by atoms with Gasteiger partial charge in [-0.3, -0.25) is 4.79 Å². The number of hydrogen-bond donors (Lipinski definition) is 2. The molecule has 2 aromatic carbocycles. The minimum Gasteiger partial charge on any atom is -0.483 e. The van der Waals surface area contributed by atoms with Gasteiger partial charge in [-0.25, -0.2) is 9.59 Å². The molecule has 1 unspecified atom stereocenters. The Labute approximate surface area is 171 Å². The van der Waals surface area contributed by atoms with E-state index in [1.54, 1.807) is 31.2 Å². The van der Waals surface area contributed by atoms with E-state index >= 15 is 0 Å². The predicted molar refractivity (Wildman–Crippen MR) is 113 cm³/mol. The molecule has 1 heterocycles. The van der Waals surface area contributed by atoms with Gasteiger partial charge in [-0.05, 0) is 48.9 Å². The van der Waals surface area contributed by atoms with Gasteiger partial charge in [0.05, 0.1) is 5.39 Å². The molecule has 1 aromatic heterocycles. The van der Waals surface area contributed by atoms with Gasteiger partial charge in [0.25, 0.3) is 5.91 Å². The molecule has 29 heavy (non-hydrogen) atoms. The van der Waals surface area contributed by atoms with Crippen molar-refractivity contribution in [1.82, 2.24) is 5.32 Å². The normalized spacial score (nSPS) is 12.1. The van der Waals surface area contributed by atoms with Crippen LogP contribution >= 0.6 is 11.8 Å². The van der Waals surface area contributed by atoms with Crippen molar-refractivity contribution in [3.63, 3.8) is 0 Å². The van der Waals surface area contributed by atoms with Crippen LogP contribution in [0.2, 0.25) is 0 Å². The van der Waals surface area contributed by atoms with Crippen molar-refractivity contribution in [3.8, 4) is 5.75 Å². The molecule has 1 atom stereocenters. The van der Waals surface area contributed by atoms with Crippen LogP contribution in [0.1, 0.15) is 12.0 Å². The molecule has 0 spiro atoms. The second kappa shape index (κ2) is 9.00. The van der Waals surface area contributed by atoms with Crippen molar-refractivity contribution in [2.45, 2.75) is 19.4 Å². The van der Waals surface area contributed by atoms with Gasteiger partial charge in [0.15, 0.2) is 6.61 Å². The van der Waals surface area contributed by atoms with Gasteiger partial charge >= 0.3 is 11.6 Å². The fraction of sp³-hybridized carbons (Fsp3) is 0.286. The van der Waals surface area contributed by atoms with E-state index in [1.807, 2.05) is 18.4 Å². The zero-order valence-corrected chi connectivity index (χ0v) is 16.9. The molecule has 0 aliphatic rings. The molecule has 0 bridgehead atoms. The Morgan fingerprint density at radius 2 is 1.90 bits per heavy atom. The minimum absolute atomic E-state index is 0.329. The quantitative estimate of drug-likeness (QED) is 0.430. The van der Waals surface area contributed by atoms with Crippen LogP contribution in [0.15, 0.2) is 45.6 Å². The van der Waals surface area contributed by atoms with Gasteiger partial charge in [-0.15, -0.1) is 0 Å².